The molecule has 0 aliphatic carbocycles. The number of methoxy groups -OCH3 is 2. The van der Waals surface area contributed by atoms with Crippen molar-refractivity contribution in [1.29, 1.82) is 0 Å². The van der Waals surface area contributed by atoms with Gasteiger partial charge in [-0.3, -0.25) is 9.59 Å². The number of esters is 1. The number of benzene rings is 2. The zero-order valence-corrected chi connectivity index (χ0v) is 20.6. The lowest BCUT2D eigenvalue weighted by molar-refractivity contribution is -0.123. The Bertz CT molecular complexity index is 1220. The molecule has 0 saturated heterocycles. The van der Waals surface area contributed by atoms with Gasteiger partial charge in [-0.15, -0.1) is 11.3 Å². The van der Waals surface area contributed by atoms with Crippen LogP contribution in [-0.4, -0.2) is 38.1 Å². The second-order valence-corrected chi connectivity index (χ2v) is 8.64. The van der Waals surface area contributed by atoms with Crippen molar-refractivity contribution < 1.29 is 28.6 Å². The molecule has 3 aromatic rings. The summed E-state index contributed by atoms with van der Waals surface area (Å²) in [5.41, 5.74) is 0.426. The smallest absolute Gasteiger partial charge is 0.341 e. The van der Waals surface area contributed by atoms with Crippen LogP contribution in [0.5, 0.6) is 11.5 Å². The summed E-state index contributed by atoms with van der Waals surface area (Å²) in [5, 5.41) is 7.66. The number of rotatable bonds is 8. The second-order valence-electron chi connectivity index (χ2n) is 6.85. The van der Waals surface area contributed by atoms with Crippen molar-refractivity contribution >= 4 is 63.7 Å². The van der Waals surface area contributed by atoms with Gasteiger partial charge in [0.15, 0.2) is 17.6 Å². The van der Waals surface area contributed by atoms with Gasteiger partial charge >= 0.3 is 5.97 Å². The van der Waals surface area contributed by atoms with E-state index in [1.807, 2.05) is 0 Å². The fourth-order valence-electron chi connectivity index (χ4n) is 2.85. The SMILES string of the molecule is COc1cc(NC(=O)c2cccs2)c(C(=O)OC(C)C(=O)Nc2ccc(Cl)cc2Cl)cc1OC. The molecule has 0 saturated carbocycles. The van der Waals surface area contributed by atoms with Gasteiger partial charge in [0.25, 0.3) is 11.8 Å². The predicted octanol–water partition coefficient (Wildman–Crippen LogP) is 5.51. The van der Waals surface area contributed by atoms with E-state index in [0.29, 0.717) is 21.3 Å². The largest absolute Gasteiger partial charge is 0.493 e. The summed E-state index contributed by atoms with van der Waals surface area (Å²) in [7, 11) is 2.83. The molecule has 2 amide bonds. The Kier molecular flexibility index (Phi) is 8.38. The maximum Gasteiger partial charge on any atom is 0.341 e. The van der Waals surface area contributed by atoms with E-state index in [1.54, 1.807) is 23.6 Å². The third-order valence-corrected chi connectivity index (χ3v) is 6.00. The number of ether oxygens (including phenoxy) is 3. The fraction of sp³-hybridized carbons (Fsp3) is 0.174. The molecule has 11 heteroatoms. The number of hydrogen-bond acceptors (Lipinski definition) is 7. The molecular formula is C23H20Cl2N2O6S. The molecule has 1 unspecified atom stereocenters. The zero-order chi connectivity index (χ0) is 24.8. The summed E-state index contributed by atoms with van der Waals surface area (Å²) in [6.07, 6.45) is -1.19. The first-order chi connectivity index (χ1) is 16.2. The van der Waals surface area contributed by atoms with Gasteiger partial charge in [0.05, 0.1) is 41.1 Å². The molecule has 2 N–H and O–H groups in total. The van der Waals surface area contributed by atoms with Gasteiger partial charge in [0.2, 0.25) is 0 Å². The van der Waals surface area contributed by atoms with E-state index in [4.69, 9.17) is 37.4 Å². The molecule has 0 spiro atoms. The first-order valence-corrected chi connectivity index (χ1v) is 11.4. The molecule has 3 rings (SSSR count). The van der Waals surface area contributed by atoms with E-state index in [2.05, 4.69) is 10.6 Å². The molecule has 0 fully saturated rings. The topological polar surface area (TPSA) is 103 Å². The highest BCUT2D eigenvalue weighted by Gasteiger charge is 2.25. The lowest BCUT2D eigenvalue weighted by atomic mass is 10.1. The van der Waals surface area contributed by atoms with Crippen LogP contribution in [0, 0.1) is 0 Å². The first kappa shape index (κ1) is 25.4. The van der Waals surface area contributed by atoms with Crippen LogP contribution in [0.1, 0.15) is 27.0 Å². The molecule has 8 nitrogen and oxygen atoms in total. The van der Waals surface area contributed by atoms with Crippen LogP contribution in [0.2, 0.25) is 10.0 Å². The van der Waals surface area contributed by atoms with Gasteiger partial charge in [-0.1, -0.05) is 29.3 Å². The minimum Gasteiger partial charge on any atom is -0.493 e. The molecule has 1 atom stereocenters. The molecule has 0 bridgehead atoms. The minimum atomic E-state index is -1.19. The van der Waals surface area contributed by atoms with Crippen molar-refractivity contribution in [3.8, 4) is 11.5 Å². The highest BCUT2D eigenvalue weighted by atomic mass is 35.5. The van der Waals surface area contributed by atoms with Crippen molar-refractivity contribution in [2.24, 2.45) is 0 Å². The molecule has 0 radical (unpaired) electrons. The van der Waals surface area contributed by atoms with E-state index in [0.717, 1.165) is 0 Å². The zero-order valence-electron chi connectivity index (χ0n) is 18.3. The minimum absolute atomic E-state index is 0.0215. The lowest BCUT2D eigenvalue weighted by Gasteiger charge is -2.17. The van der Waals surface area contributed by atoms with Crippen molar-refractivity contribution in [2.45, 2.75) is 13.0 Å². The Morgan fingerprint density at radius 3 is 2.26 bits per heavy atom. The number of thiophene rings is 1. The Morgan fingerprint density at radius 2 is 1.65 bits per heavy atom. The van der Waals surface area contributed by atoms with Gasteiger partial charge < -0.3 is 24.8 Å². The van der Waals surface area contributed by atoms with E-state index in [1.165, 1.54) is 56.7 Å². The molecule has 1 heterocycles. The monoisotopic (exact) mass is 522 g/mol. The molecule has 2 aromatic carbocycles. The maximum absolute atomic E-state index is 13.0. The van der Waals surface area contributed by atoms with Crippen LogP contribution < -0.4 is 20.1 Å². The van der Waals surface area contributed by atoms with E-state index in [9.17, 15) is 14.4 Å². The summed E-state index contributed by atoms with van der Waals surface area (Å²) in [6.45, 7) is 1.40. The Labute approximate surface area is 209 Å². The van der Waals surface area contributed by atoms with Gasteiger partial charge in [-0.05, 0) is 36.6 Å². The highest BCUT2D eigenvalue weighted by molar-refractivity contribution is 7.12. The maximum atomic E-state index is 13.0. The third-order valence-electron chi connectivity index (χ3n) is 4.58. The van der Waals surface area contributed by atoms with Crippen molar-refractivity contribution in [1.82, 2.24) is 0 Å². The number of anilines is 2. The van der Waals surface area contributed by atoms with Crippen molar-refractivity contribution in [3.63, 3.8) is 0 Å². The molecule has 178 valence electrons. The fourth-order valence-corrected chi connectivity index (χ4v) is 3.92. The number of halogens is 2. The molecular weight excluding hydrogens is 503 g/mol. The third kappa shape index (κ3) is 5.99. The average Bonchev–Trinajstić information content (AvgIpc) is 3.35. The van der Waals surface area contributed by atoms with E-state index >= 15 is 0 Å². The van der Waals surface area contributed by atoms with Gasteiger partial charge in [-0.2, -0.15) is 0 Å². The standard InChI is InChI=1S/C23H20Cl2N2O6S/c1-12(21(28)26-16-7-6-13(24)9-15(16)25)33-23(30)14-10-18(31-2)19(32-3)11-17(14)27-22(29)20-5-4-8-34-20/h4-12H,1-3H3,(H,26,28)(H,27,29). The van der Waals surface area contributed by atoms with Crippen LogP contribution in [0.15, 0.2) is 47.8 Å². The van der Waals surface area contributed by atoms with Gasteiger partial charge in [-0.25, -0.2) is 4.79 Å². The Hall–Kier alpha value is -3.27. The van der Waals surface area contributed by atoms with Gasteiger partial charge in [0, 0.05) is 17.2 Å². The van der Waals surface area contributed by atoms with Gasteiger partial charge in [0.1, 0.15) is 0 Å². The molecule has 0 aliphatic heterocycles. The van der Waals surface area contributed by atoms with Crippen LogP contribution in [0.4, 0.5) is 11.4 Å². The lowest BCUT2D eigenvalue weighted by Crippen LogP contribution is -2.30. The number of nitrogens with one attached hydrogen (secondary N) is 2. The van der Waals surface area contributed by atoms with Crippen LogP contribution in [0.3, 0.4) is 0 Å². The normalized spacial score (nSPS) is 11.3. The summed E-state index contributed by atoms with van der Waals surface area (Å²) in [6, 6.07) is 10.8. The van der Waals surface area contributed by atoms with E-state index in [-0.39, 0.29) is 22.0 Å². The average molecular weight is 523 g/mol. The van der Waals surface area contributed by atoms with Crippen LogP contribution >= 0.6 is 34.5 Å². The van der Waals surface area contributed by atoms with Crippen molar-refractivity contribution in [3.05, 3.63) is 68.3 Å². The number of carbonyl (C=O) groups is 3. The summed E-state index contributed by atoms with van der Waals surface area (Å²) >= 11 is 13.2. The van der Waals surface area contributed by atoms with Crippen molar-refractivity contribution in [2.75, 3.05) is 24.9 Å². The molecule has 1 aromatic heterocycles. The summed E-state index contributed by atoms with van der Waals surface area (Å²) in [4.78, 5) is 38.6. The van der Waals surface area contributed by atoms with Crippen LogP contribution in [-0.2, 0) is 9.53 Å². The Morgan fingerprint density at radius 1 is 0.941 bits per heavy atom. The highest BCUT2D eigenvalue weighted by Crippen LogP contribution is 2.34. The molecule has 0 aliphatic rings. The predicted molar refractivity (Wildman–Crippen MR) is 132 cm³/mol. The van der Waals surface area contributed by atoms with Crippen LogP contribution in [0.25, 0.3) is 0 Å². The quantitative estimate of drug-likeness (QED) is 0.378. The number of hydrogen-bond donors (Lipinski definition) is 2. The van der Waals surface area contributed by atoms with E-state index < -0.39 is 23.9 Å². The summed E-state index contributed by atoms with van der Waals surface area (Å²) < 4.78 is 15.9. The Balaban J connectivity index is 1.82. The molecule has 34 heavy (non-hydrogen) atoms. The second kappa shape index (κ2) is 11.2. The number of carbonyl (C=O) groups excluding carboxylic acids is 3. The first-order valence-electron chi connectivity index (χ1n) is 9.81. The summed E-state index contributed by atoms with van der Waals surface area (Å²) in [5.74, 6) is -1.34. The number of amides is 2.